The van der Waals surface area contributed by atoms with Crippen LogP contribution in [0, 0.1) is 0 Å². The van der Waals surface area contributed by atoms with E-state index in [1.165, 1.54) is 65.2 Å². The van der Waals surface area contributed by atoms with Gasteiger partial charge in [0.1, 0.15) is 0 Å². The smallest absolute Gasteiger partial charge is 0.0782 e. The van der Waals surface area contributed by atoms with Crippen molar-refractivity contribution >= 4 is 82.2 Å². The van der Waals surface area contributed by atoms with Gasteiger partial charge in [0, 0.05) is 44.3 Å². The Kier molecular flexibility index (Phi) is 6.55. The summed E-state index contributed by atoms with van der Waals surface area (Å²) >= 11 is 0. The Morgan fingerprint density at radius 3 is 1.30 bits per heavy atom. The lowest BCUT2D eigenvalue weighted by molar-refractivity contribution is 1.13. The highest BCUT2D eigenvalue weighted by Gasteiger charge is 2.20. The lowest BCUT2D eigenvalue weighted by Crippen LogP contribution is -2.10. The van der Waals surface area contributed by atoms with Gasteiger partial charge in [0.15, 0.2) is 0 Å². The van der Waals surface area contributed by atoms with Gasteiger partial charge in [-0.25, -0.2) is 0 Å². The molecule has 0 atom stereocenters. The minimum absolute atomic E-state index is 1.10. The molecule has 11 aromatic rings. The summed E-state index contributed by atoms with van der Waals surface area (Å²) in [6.07, 6.45) is 0. The summed E-state index contributed by atoms with van der Waals surface area (Å²) in [5.74, 6) is 0. The molecule has 0 saturated carbocycles. The highest BCUT2D eigenvalue weighted by atomic mass is 15.1. The van der Waals surface area contributed by atoms with Crippen molar-refractivity contribution in [3.05, 3.63) is 200 Å². The van der Waals surface area contributed by atoms with Gasteiger partial charge in [-0.05, 0) is 94.3 Å². The molecule has 3 heteroatoms. The first-order chi connectivity index (χ1) is 26.3. The molecular formula is C50H33N3. The van der Waals surface area contributed by atoms with E-state index in [9.17, 15) is 0 Å². The van der Waals surface area contributed by atoms with Crippen LogP contribution in [0.1, 0.15) is 0 Å². The van der Waals surface area contributed by atoms with Crippen LogP contribution in [0.3, 0.4) is 0 Å². The van der Waals surface area contributed by atoms with Crippen LogP contribution in [0.25, 0.3) is 76.5 Å². The molecule has 248 valence electrons. The van der Waals surface area contributed by atoms with Crippen molar-refractivity contribution in [3.8, 4) is 11.4 Å². The van der Waals surface area contributed by atoms with Gasteiger partial charge in [-0.3, -0.25) is 0 Å². The minimum atomic E-state index is 1.10. The number of nitrogens with zero attached hydrogens (tertiary/aromatic N) is 3. The van der Waals surface area contributed by atoms with Gasteiger partial charge in [-0.2, -0.15) is 0 Å². The second kappa shape index (κ2) is 11.7. The van der Waals surface area contributed by atoms with Gasteiger partial charge >= 0.3 is 0 Å². The lowest BCUT2D eigenvalue weighted by atomic mass is 10.1. The number of rotatable bonds is 5. The largest absolute Gasteiger partial charge is 0.310 e. The summed E-state index contributed by atoms with van der Waals surface area (Å²) < 4.78 is 4.89. The molecule has 0 amide bonds. The molecule has 0 aliphatic carbocycles. The first-order valence-corrected chi connectivity index (χ1v) is 18.2. The molecule has 9 aromatic carbocycles. The van der Waals surface area contributed by atoms with Gasteiger partial charge in [0.2, 0.25) is 0 Å². The Labute approximate surface area is 306 Å². The van der Waals surface area contributed by atoms with Crippen LogP contribution >= 0.6 is 0 Å². The van der Waals surface area contributed by atoms with Crippen molar-refractivity contribution < 1.29 is 0 Å². The lowest BCUT2D eigenvalue weighted by Gasteiger charge is -2.26. The molecule has 2 aromatic heterocycles. The molecule has 0 saturated heterocycles. The molecule has 2 heterocycles. The maximum absolute atomic E-state index is 2.45. The number of hydrogen-bond acceptors (Lipinski definition) is 1. The number of aromatic nitrogens is 2. The summed E-state index contributed by atoms with van der Waals surface area (Å²) in [6, 6.07) is 72.8. The zero-order chi connectivity index (χ0) is 34.9. The van der Waals surface area contributed by atoms with E-state index in [2.05, 4.69) is 214 Å². The van der Waals surface area contributed by atoms with E-state index < -0.39 is 0 Å². The number of para-hydroxylation sites is 4. The Hall–Kier alpha value is -7.10. The molecule has 3 nitrogen and oxygen atoms in total. The average Bonchev–Trinajstić information content (AvgIpc) is 3.74. The van der Waals surface area contributed by atoms with Crippen molar-refractivity contribution in [2.75, 3.05) is 4.90 Å². The minimum Gasteiger partial charge on any atom is -0.310 e. The van der Waals surface area contributed by atoms with Crippen LogP contribution in [0.15, 0.2) is 200 Å². The second-order valence-electron chi connectivity index (χ2n) is 13.8. The Morgan fingerprint density at radius 1 is 0.302 bits per heavy atom. The third-order valence-electron chi connectivity index (χ3n) is 10.8. The SMILES string of the molecule is c1ccc2cc(N(c3ccc(-n4c5ccccc5c5cccc(-n6c7ccccc7c7ccccc76)c54)cc3)c3ccc4ccccc4c3)ccc2c1. The van der Waals surface area contributed by atoms with Crippen LogP contribution in [0.5, 0.6) is 0 Å². The molecular weight excluding hydrogens is 643 g/mol. The predicted molar refractivity (Wildman–Crippen MR) is 225 cm³/mol. The van der Waals surface area contributed by atoms with Crippen molar-refractivity contribution in [3.63, 3.8) is 0 Å². The topological polar surface area (TPSA) is 13.1 Å². The van der Waals surface area contributed by atoms with Gasteiger partial charge in [0.05, 0.1) is 27.8 Å². The predicted octanol–water partition coefficient (Wildman–Crippen LogP) is 13.7. The van der Waals surface area contributed by atoms with E-state index in [4.69, 9.17) is 0 Å². The number of hydrogen-bond donors (Lipinski definition) is 0. The fourth-order valence-electron chi connectivity index (χ4n) is 8.46. The monoisotopic (exact) mass is 675 g/mol. The molecule has 0 aliphatic rings. The maximum Gasteiger partial charge on any atom is 0.0782 e. The molecule has 0 bridgehead atoms. The van der Waals surface area contributed by atoms with Gasteiger partial charge < -0.3 is 14.0 Å². The number of anilines is 3. The summed E-state index contributed by atoms with van der Waals surface area (Å²) in [7, 11) is 0. The molecule has 0 unspecified atom stereocenters. The molecule has 53 heavy (non-hydrogen) atoms. The Balaban J connectivity index is 1.13. The van der Waals surface area contributed by atoms with E-state index in [1.54, 1.807) is 0 Å². The molecule has 0 fully saturated rings. The van der Waals surface area contributed by atoms with E-state index in [0.717, 1.165) is 28.4 Å². The van der Waals surface area contributed by atoms with E-state index in [0.29, 0.717) is 0 Å². The van der Waals surface area contributed by atoms with Crippen LogP contribution in [-0.4, -0.2) is 9.13 Å². The summed E-state index contributed by atoms with van der Waals surface area (Å²) in [5.41, 5.74) is 10.4. The van der Waals surface area contributed by atoms with E-state index >= 15 is 0 Å². The highest BCUT2D eigenvalue weighted by molar-refractivity contribution is 6.15. The highest BCUT2D eigenvalue weighted by Crippen LogP contribution is 2.41. The molecule has 0 radical (unpaired) electrons. The third-order valence-corrected chi connectivity index (χ3v) is 10.8. The second-order valence-corrected chi connectivity index (χ2v) is 13.8. The first kappa shape index (κ1) is 29.6. The van der Waals surface area contributed by atoms with Crippen molar-refractivity contribution in [1.29, 1.82) is 0 Å². The van der Waals surface area contributed by atoms with Gasteiger partial charge in [0.25, 0.3) is 0 Å². The summed E-state index contributed by atoms with van der Waals surface area (Å²) in [6.45, 7) is 0. The van der Waals surface area contributed by atoms with E-state index in [1.807, 2.05) is 0 Å². The van der Waals surface area contributed by atoms with Crippen LogP contribution < -0.4 is 4.90 Å². The normalized spacial score (nSPS) is 11.8. The maximum atomic E-state index is 2.45. The molecule has 0 N–H and O–H groups in total. The fourth-order valence-corrected chi connectivity index (χ4v) is 8.46. The van der Waals surface area contributed by atoms with Crippen molar-refractivity contribution in [1.82, 2.24) is 9.13 Å². The fraction of sp³-hybridized carbons (Fsp3) is 0. The quantitative estimate of drug-likeness (QED) is 0.177. The molecule has 11 rings (SSSR count). The summed E-state index contributed by atoms with van der Waals surface area (Å²) in [5, 5.41) is 9.89. The third kappa shape index (κ3) is 4.61. The first-order valence-electron chi connectivity index (χ1n) is 18.2. The van der Waals surface area contributed by atoms with Crippen molar-refractivity contribution in [2.24, 2.45) is 0 Å². The Bertz CT molecular complexity index is 3050. The van der Waals surface area contributed by atoms with Gasteiger partial charge in [-0.1, -0.05) is 127 Å². The summed E-state index contributed by atoms with van der Waals surface area (Å²) in [4.78, 5) is 2.37. The standard InChI is InChI=1S/C50H33N3/c1-3-14-36-32-40(26-24-34(36)12-1)51(41-27-25-35-13-2-4-15-37(35)33-41)38-28-30-39(31-29-38)52-46-20-8-7-18-44(46)45-19-11-23-49(50(45)52)53-47-21-9-5-16-42(47)43-17-6-10-22-48(43)53/h1-33H. The number of fused-ring (bicyclic) bond motifs is 8. The molecule has 0 spiro atoms. The zero-order valence-electron chi connectivity index (χ0n) is 28.9. The van der Waals surface area contributed by atoms with Gasteiger partial charge in [-0.15, -0.1) is 0 Å². The van der Waals surface area contributed by atoms with Crippen LogP contribution in [0.2, 0.25) is 0 Å². The number of benzene rings is 9. The van der Waals surface area contributed by atoms with Crippen LogP contribution in [-0.2, 0) is 0 Å². The van der Waals surface area contributed by atoms with E-state index in [-0.39, 0.29) is 0 Å². The molecule has 0 aliphatic heterocycles. The Morgan fingerprint density at radius 2 is 0.736 bits per heavy atom. The van der Waals surface area contributed by atoms with Crippen LogP contribution in [0.4, 0.5) is 17.1 Å². The zero-order valence-corrected chi connectivity index (χ0v) is 28.9. The average molecular weight is 676 g/mol. The van der Waals surface area contributed by atoms with Crippen molar-refractivity contribution in [2.45, 2.75) is 0 Å².